The largest absolute Gasteiger partial charge is 0.353 e. The first-order valence-electron chi connectivity index (χ1n) is 8.07. The minimum atomic E-state index is -0.134. The van der Waals surface area contributed by atoms with Gasteiger partial charge in [0.15, 0.2) is 0 Å². The van der Waals surface area contributed by atoms with Crippen molar-refractivity contribution in [3.8, 4) is 0 Å². The lowest BCUT2D eigenvalue weighted by atomic mass is 9.77. The first-order valence-corrected chi connectivity index (χ1v) is 8.07. The highest BCUT2D eigenvalue weighted by Crippen LogP contribution is 2.32. The number of hydrogen-bond acceptors (Lipinski definition) is 3. The Bertz CT molecular complexity index is 373. The number of carbonyl (C=O) groups is 2. The predicted octanol–water partition coefficient (Wildman–Crippen LogP) is 0.685. The first-order chi connectivity index (χ1) is 10.1. The van der Waals surface area contributed by atoms with Crippen molar-refractivity contribution in [1.29, 1.82) is 0 Å². The molecule has 6 nitrogen and oxygen atoms in total. The van der Waals surface area contributed by atoms with Gasteiger partial charge in [-0.15, -0.1) is 0 Å². The normalized spacial score (nSPS) is 28.4. The van der Waals surface area contributed by atoms with Gasteiger partial charge in [0.1, 0.15) is 0 Å². The standard InChI is InChI=1S/C15H28N4O2/c1-19(2)15(21)17-10-9-16-14(20)13-8-7-11-5-3-4-6-12(11)18-13/h11-13,18H,3-10H2,1-2H3,(H,16,20)(H,17,21). The lowest BCUT2D eigenvalue weighted by molar-refractivity contribution is -0.124. The molecule has 0 bridgehead atoms. The Labute approximate surface area is 127 Å². The molecule has 0 radical (unpaired) electrons. The topological polar surface area (TPSA) is 73.5 Å². The van der Waals surface area contributed by atoms with Gasteiger partial charge in [0, 0.05) is 33.2 Å². The van der Waals surface area contributed by atoms with Gasteiger partial charge in [0.25, 0.3) is 0 Å². The third-order valence-corrected chi connectivity index (χ3v) is 4.57. The van der Waals surface area contributed by atoms with Crippen LogP contribution in [0.25, 0.3) is 0 Å². The maximum Gasteiger partial charge on any atom is 0.316 e. The molecule has 0 spiro atoms. The summed E-state index contributed by atoms with van der Waals surface area (Å²) < 4.78 is 0. The van der Waals surface area contributed by atoms with Gasteiger partial charge in [-0.05, 0) is 31.6 Å². The van der Waals surface area contributed by atoms with Crippen molar-refractivity contribution in [3.63, 3.8) is 0 Å². The summed E-state index contributed by atoms with van der Waals surface area (Å²) in [6, 6.07) is 0.329. The van der Waals surface area contributed by atoms with Gasteiger partial charge in [-0.25, -0.2) is 4.79 Å². The quantitative estimate of drug-likeness (QED) is 0.668. The molecule has 3 unspecified atom stereocenters. The molecule has 120 valence electrons. The summed E-state index contributed by atoms with van der Waals surface area (Å²) in [5.74, 6) is 0.834. The highest BCUT2D eigenvalue weighted by molar-refractivity contribution is 5.82. The Balaban J connectivity index is 1.65. The lowest BCUT2D eigenvalue weighted by Gasteiger charge is -2.39. The number of urea groups is 1. The SMILES string of the molecule is CN(C)C(=O)NCCNC(=O)C1CCC2CCCCC2N1. The summed E-state index contributed by atoms with van der Waals surface area (Å²) in [5.41, 5.74) is 0. The zero-order chi connectivity index (χ0) is 15.2. The molecule has 6 heteroatoms. The van der Waals surface area contributed by atoms with Crippen molar-refractivity contribution in [2.45, 2.75) is 50.6 Å². The van der Waals surface area contributed by atoms with E-state index in [-0.39, 0.29) is 18.0 Å². The van der Waals surface area contributed by atoms with E-state index in [2.05, 4.69) is 16.0 Å². The van der Waals surface area contributed by atoms with Gasteiger partial charge < -0.3 is 20.9 Å². The van der Waals surface area contributed by atoms with Crippen molar-refractivity contribution < 1.29 is 9.59 Å². The van der Waals surface area contributed by atoms with Crippen molar-refractivity contribution in [1.82, 2.24) is 20.9 Å². The summed E-state index contributed by atoms with van der Waals surface area (Å²) in [6.07, 6.45) is 7.21. The molecule has 2 fully saturated rings. The Morgan fingerprint density at radius 1 is 1.05 bits per heavy atom. The van der Waals surface area contributed by atoms with E-state index in [0.717, 1.165) is 18.8 Å². The molecule has 21 heavy (non-hydrogen) atoms. The molecular formula is C15H28N4O2. The molecule has 2 rings (SSSR count). The van der Waals surface area contributed by atoms with E-state index in [4.69, 9.17) is 0 Å². The third kappa shape index (κ3) is 4.59. The van der Waals surface area contributed by atoms with Gasteiger partial charge in [0.2, 0.25) is 5.91 Å². The van der Waals surface area contributed by atoms with Crippen molar-refractivity contribution in [2.24, 2.45) is 5.92 Å². The van der Waals surface area contributed by atoms with E-state index < -0.39 is 0 Å². The Kier molecular flexibility index (Phi) is 5.85. The van der Waals surface area contributed by atoms with Gasteiger partial charge in [-0.2, -0.15) is 0 Å². The number of rotatable bonds is 4. The molecule has 1 aliphatic heterocycles. The van der Waals surface area contributed by atoms with Crippen LogP contribution in [0, 0.1) is 5.92 Å². The number of carbonyl (C=O) groups excluding carboxylic acids is 2. The molecule has 3 amide bonds. The molecule has 0 aromatic carbocycles. The van der Waals surface area contributed by atoms with E-state index in [0.29, 0.717) is 19.1 Å². The molecule has 3 N–H and O–H groups in total. The highest BCUT2D eigenvalue weighted by Gasteiger charge is 2.34. The zero-order valence-electron chi connectivity index (χ0n) is 13.2. The zero-order valence-corrected chi connectivity index (χ0v) is 13.2. The van der Waals surface area contributed by atoms with Crippen molar-refractivity contribution in [2.75, 3.05) is 27.2 Å². The number of hydrogen-bond donors (Lipinski definition) is 3. The maximum atomic E-state index is 12.2. The summed E-state index contributed by atoms with van der Waals surface area (Å²) in [6.45, 7) is 0.937. The Morgan fingerprint density at radius 3 is 2.52 bits per heavy atom. The smallest absolute Gasteiger partial charge is 0.316 e. The van der Waals surface area contributed by atoms with Gasteiger partial charge in [0.05, 0.1) is 6.04 Å². The maximum absolute atomic E-state index is 12.2. The average molecular weight is 296 g/mol. The second-order valence-corrected chi connectivity index (χ2v) is 6.37. The number of amides is 3. The molecule has 0 aromatic rings. The van der Waals surface area contributed by atoms with Crippen LogP contribution in [0.4, 0.5) is 4.79 Å². The van der Waals surface area contributed by atoms with Gasteiger partial charge in [-0.1, -0.05) is 12.8 Å². The van der Waals surface area contributed by atoms with Crippen LogP contribution in [-0.4, -0.2) is 56.1 Å². The minimum absolute atomic E-state index is 0.0612. The molecule has 3 atom stereocenters. The third-order valence-electron chi connectivity index (χ3n) is 4.57. The monoisotopic (exact) mass is 296 g/mol. The van der Waals surface area contributed by atoms with Crippen LogP contribution in [0.2, 0.25) is 0 Å². The molecule has 2 aliphatic rings. The van der Waals surface area contributed by atoms with Gasteiger partial charge in [-0.3, -0.25) is 4.79 Å². The fourth-order valence-electron chi connectivity index (χ4n) is 3.34. The number of fused-ring (bicyclic) bond motifs is 1. The number of nitrogens with zero attached hydrogens (tertiary/aromatic N) is 1. The van der Waals surface area contributed by atoms with E-state index in [1.807, 2.05) is 0 Å². The number of nitrogens with one attached hydrogen (secondary N) is 3. The molecular weight excluding hydrogens is 268 g/mol. The average Bonchev–Trinajstić information content (AvgIpc) is 2.50. The Hall–Kier alpha value is -1.30. The molecule has 1 saturated carbocycles. The van der Waals surface area contributed by atoms with Crippen LogP contribution >= 0.6 is 0 Å². The van der Waals surface area contributed by atoms with Crippen LogP contribution in [0.5, 0.6) is 0 Å². The molecule has 1 saturated heterocycles. The fraction of sp³-hybridized carbons (Fsp3) is 0.867. The van der Waals surface area contributed by atoms with Crippen molar-refractivity contribution in [3.05, 3.63) is 0 Å². The fourth-order valence-corrected chi connectivity index (χ4v) is 3.34. The predicted molar refractivity (Wildman–Crippen MR) is 82.0 cm³/mol. The summed E-state index contributed by atoms with van der Waals surface area (Å²) in [4.78, 5) is 25.0. The van der Waals surface area contributed by atoms with E-state index in [1.165, 1.54) is 30.6 Å². The van der Waals surface area contributed by atoms with E-state index in [1.54, 1.807) is 14.1 Å². The Morgan fingerprint density at radius 2 is 1.76 bits per heavy atom. The van der Waals surface area contributed by atoms with Crippen LogP contribution in [0.3, 0.4) is 0 Å². The van der Waals surface area contributed by atoms with Crippen LogP contribution in [0.15, 0.2) is 0 Å². The molecule has 1 heterocycles. The minimum Gasteiger partial charge on any atom is -0.353 e. The molecule has 0 aromatic heterocycles. The van der Waals surface area contributed by atoms with Crippen LogP contribution in [0.1, 0.15) is 38.5 Å². The van der Waals surface area contributed by atoms with Gasteiger partial charge >= 0.3 is 6.03 Å². The summed E-state index contributed by atoms with van der Waals surface area (Å²) in [5, 5.41) is 9.16. The second kappa shape index (κ2) is 7.64. The summed E-state index contributed by atoms with van der Waals surface area (Å²) in [7, 11) is 3.39. The highest BCUT2D eigenvalue weighted by atomic mass is 16.2. The summed E-state index contributed by atoms with van der Waals surface area (Å²) >= 11 is 0. The van der Waals surface area contributed by atoms with E-state index >= 15 is 0 Å². The van der Waals surface area contributed by atoms with E-state index in [9.17, 15) is 9.59 Å². The lowest BCUT2D eigenvalue weighted by Crippen LogP contribution is -2.55. The first kappa shape index (κ1) is 16.1. The molecule has 1 aliphatic carbocycles. The van der Waals surface area contributed by atoms with Crippen molar-refractivity contribution >= 4 is 11.9 Å². The second-order valence-electron chi connectivity index (χ2n) is 6.37. The van der Waals surface area contributed by atoms with Crippen LogP contribution in [-0.2, 0) is 4.79 Å². The number of piperidine rings is 1. The van der Waals surface area contributed by atoms with Crippen LogP contribution < -0.4 is 16.0 Å².